The molecule has 4 aliphatic rings. The zero-order valence-electron chi connectivity index (χ0n) is 43.8. The van der Waals surface area contributed by atoms with Crippen molar-refractivity contribution in [2.75, 3.05) is 0 Å². The summed E-state index contributed by atoms with van der Waals surface area (Å²) in [7, 11) is 0. The Balaban J connectivity index is 1.06. The number of benzene rings is 9. The molecule has 0 radical (unpaired) electrons. The summed E-state index contributed by atoms with van der Waals surface area (Å²) in [5.74, 6) is 0.517. The van der Waals surface area contributed by atoms with E-state index in [9.17, 15) is 0 Å². The molecule has 4 atom stereocenters. The first-order valence-corrected chi connectivity index (χ1v) is 27.7. The molecule has 0 spiro atoms. The Morgan fingerprint density at radius 1 is 0.236 bits per heavy atom. The fourth-order valence-electron chi connectivity index (χ4n) is 14.7. The van der Waals surface area contributed by atoms with Crippen LogP contribution in [0.3, 0.4) is 0 Å². The molecule has 0 bridgehead atoms. The first-order chi connectivity index (χ1) is 34.6. The highest BCUT2D eigenvalue weighted by Crippen LogP contribution is 2.61. The molecule has 2 aliphatic heterocycles. The van der Waals surface area contributed by atoms with Crippen molar-refractivity contribution in [3.8, 4) is 22.3 Å². The Morgan fingerprint density at radius 2 is 0.500 bits per heavy atom. The highest BCUT2D eigenvalue weighted by Gasteiger charge is 2.41. The molecule has 9 aromatic rings. The predicted molar refractivity (Wildman–Crippen MR) is 305 cm³/mol. The van der Waals surface area contributed by atoms with E-state index in [0.717, 1.165) is 0 Å². The summed E-state index contributed by atoms with van der Waals surface area (Å²) >= 11 is 4.02. The Hall–Kier alpha value is -6.32. The van der Waals surface area contributed by atoms with Gasteiger partial charge in [-0.25, -0.2) is 0 Å². The largest absolute Gasteiger partial charge is 0.0894 e. The van der Waals surface area contributed by atoms with Crippen molar-refractivity contribution >= 4 is 23.5 Å². The summed E-state index contributed by atoms with van der Waals surface area (Å²) in [4.78, 5) is 5.53. The van der Waals surface area contributed by atoms with E-state index >= 15 is 0 Å². The summed E-state index contributed by atoms with van der Waals surface area (Å²) in [6.07, 6.45) is 0. The minimum Gasteiger partial charge on any atom is -0.0894 e. The van der Waals surface area contributed by atoms with Crippen LogP contribution in [0.5, 0.6) is 0 Å². The maximum absolute atomic E-state index is 2.69. The lowest BCUT2D eigenvalue weighted by Crippen LogP contribution is -2.18. The summed E-state index contributed by atoms with van der Waals surface area (Å²) in [6, 6.07) is 53.5. The topological polar surface area (TPSA) is 0 Å². The molecule has 0 aromatic heterocycles. The SMILES string of the molecule is Cc1cc(C)c(C2c3cc4c(cc3Sc3cc5c(cc32)C(c2c(C)cc(C)cc2C)c2cc3c(cc2S5)C(c2c(C)cc(C)cc2C)c2ccccc2-3)C(c2c(C)cc(C)cc2C)c2ccccc2-4)c(C)c1. The van der Waals surface area contributed by atoms with Gasteiger partial charge in [-0.2, -0.15) is 0 Å². The average molecular weight is 967 g/mol. The Bertz CT molecular complexity index is 3520. The quantitative estimate of drug-likeness (QED) is 0.172. The second kappa shape index (κ2) is 16.6. The number of hydrogen-bond donors (Lipinski definition) is 0. The van der Waals surface area contributed by atoms with Gasteiger partial charge in [-0.1, -0.05) is 149 Å². The number of fused-ring (bicyclic) bond motifs is 10. The molecule has 2 aliphatic carbocycles. The summed E-state index contributed by atoms with van der Waals surface area (Å²) in [5, 5.41) is 0. The van der Waals surface area contributed by atoms with Crippen LogP contribution in [0.1, 0.15) is 157 Å². The van der Waals surface area contributed by atoms with Crippen molar-refractivity contribution < 1.29 is 0 Å². The fourth-order valence-corrected chi connectivity index (χ4v) is 17.2. The van der Waals surface area contributed by atoms with Gasteiger partial charge in [-0.3, -0.25) is 0 Å². The van der Waals surface area contributed by atoms with Gasteiger partial charge in [0.05, 0.1) is 0 Å². The number of aryl methyl sites for hydroxylation is 12. The van der Waals surface area contributed by atoms with Gasteiger partial charge >= 0.3 is 0 Å². The van der Waals surface area contributed by atoms with E-state index in [1.54, 1.807) is 0 Å². The van der Waals surface area contributed by atoms with Gasteiger partial charge in [-0.05, 0) is 247 Å². The molecule has 13 rings (SSSR count). The van der Waals surface area contributed by atoms with Crippen molar-refractivity contribution in [3.63, 3.8) is 0 Å². The molecule has 2 heteroatoms. The Kier molecular flexibility index (Phi) is 10.5. The van der Waals surface area contributed by atoms with Gasteiger partial charge in [-0.15, -0.1) is 0 Å². The minimum absolute atomic E-state index is 0.0717. The Morgan fingerprint density at radius 3 is 0.819 bits per heavy atom. The molecule has 2 heterocycles. The van der Waals surface area contributed by atoms with Gasteiger partial charge < -0.3 is 0 Å². The first-order valence-electron chi connectivity index (χ1n) is 26.0. The van der Waals surface area contributed by atoms with Gasteiger partial charge in [0.15, 0.2) is 0 Å². The van der Waals surface area contributed by atoms with Gasteiger partial charge in [0, 0.05) is 43.3 Å². The molecule has 4 unspecified atom stereocenters. The van der Waals surface area contributed by atoms with Gasteiger partial charge in [0.25, 0.3) is 0 Å². The smallest absolute Gasteiger partial charge is 0.0367 e. The third kappa shape index (κ3) is 6.81. The summed E-state index contributed by atoms with van der Waals surface area (Å²) in [5.41, 5.74) is 39.1. The predicted octanol–water partition coefficient (Wildman–Crippen LogP) is 19.0. The molecular formula is C70H62S2. The van der Waals surface area contributed by atoms with Crippen molar-refractivity contribution in [2.45, 2.75) is 126 Å². The maximum atomic E-state index is 2.69. The first kappa shape index (κ1) is 45.5. The van der Waals surface area contributed by atoms with E-state index in [0.29, 0.717) is 0 Å². The van der Waals surface area contributed by atoms with Crippen molar-refractivity contribution in [3.05, 3.63) is 267 Å². The van der Waals surface area contributed by atoms with Crippen molar-refractivity contribution in [1.29, 1.82) is 0 Å². The van der Waals surface area contributed by atoms with E-state index < -0.39 is 0 Å². The van der Waals surface area contributed by atoms with Crippen LogP contribution in [-0.4, -0.2) is 0 Å². The average Bonchev–Trinajstić information content (AvgIpc) is 3.79. The van der Waals surface area contributed by atoms with Crippen LogP contribution in [0.25, 0.3) is 22.3 Å². The lowest BCUT2D eigenvalue weighted by molar-refractivity contribution is 0.833. The zero-order chi connectivity index (χ0) is 49.8. The second-order valence-corrected chi connectivity index (χ2v) is 24.4. The minimum atomic E-state index is 0.0717. The molecule has 0 fully saturated rings. The fraction of sp³-hybridized carbons (Fsp3) is 0.229. The van der Waals surface area contributed by atoms with Crippen LogP contribution >= 0.6 is 23.5 Å². The monoisotopic (exact) mass is 966 g/mol. The highest BCUT2D eigenvalue weighted by atomic mass is 32.2. The molecule has 0 saturated carbocycles. The highest BCUT2D eigenvalue weighted by molar-refractivity contribution is 8.00. The summed E-state index contributed by atoms with van der Waals surface area (Å²) < 4.78 is 0. The molecule has 0 nitrogen and oxygen atoms in total. The van der Waals surface area contributed by atoms with Crippen molar-refractivity contribution in [1.82, 2.24) is 0 Å². The molecule has 0 N–H and O–H groups in total. The van der Waals surface area contributed by atoms with E-state index in [1.807, 2.05) is 23.5 Å². The zero-order valence-corrected chi connectivity index (χ0v) is 45.5. The third-order valence-electron chi connectivity index (χ3n) is 17.0. The van der Waals surface area contributed by atoms with Crippen LogP contribution < -0.4 is 0 Å². The lowest BCUT2D eigenvalue weighted by Gasteiger charge is -2.36. The third-order valence-corrected chi connectivity index (χ3v) is 19.3. The summed E-state index contributed by atoms with van der Waals surface area (Å²) in [6.45, 7) is 27.7. The standard InChI is InChI=1S/C70H62S2/c1-35-21-39(5)63(40(6)22-35)67-49-19-15-13-17-47(49)51-29-55-59(32-53(51)67)71-61-34-62-58(31-57(61)69(55)65-43(9)25-37(3)26-44(65)10)70(66-45(11)27-38(4)28-46(66)12)56-30-52-48-18-14-16-20-50(48)68(54(52)33-60(56)72-62)64-41(7)23-36(2)24-42(64)8/h13-34,67-70H,1-12H3. The van der Waals surface area contributed by atoms with E-state index in [-0.39, 0.29) is 23.7 Å². The van der Waals surface area contributed by atoms with Crippen LogP contribution in [0.15, 0.2) is 153 Å². The van der Waals surface area contributed by atoms with Crippen LogP contribution in [-0.2, 0) is 0 Å². The van der Waals surface area contributed by atoms with Gasteiger partial charge in [0.1, 0.15) is 0 Å². The molecular weight excluding hydrogens is 905 g/mol. The van der Waals surface area contributed by atoms with E-state index in [4.69, 9.17) is 0 Å². The van der Waals surface area contributed by atoms with Crippen molar-refractivity contribution in [2.24, 2.45) is 0 Å². The van der Waals surface area contributed by atoms with Crippen LogP contribution in [0.2, 0.25) is 0 Å². The molecule has 0 amide bonds. The maximum Gasteiger partial charge on any atom is 0.0367 e. The number of rotatable bonds is 4. The second-order valence-electron chi connectivity index (χ2n) is 22.2. The van der Waals surface area contributed by atoms with Crippen LogP contribution in [0, 0.1) is 83.1 Å². The lowest BCUT2D eigenvalue weighted by atomic mass is 9.75. The van der Waals surface area contributed by atoms with E-state index in [2.05, 4.69) is 217 Å². The normalized spacial score (nSPS) is 17.6. The molecule has 72 heavy (non-hydrogen) atoms. The van der Waals surface area contributed by atoms with Crippen LogP contribution in [0.4, 0.5) is 0 Å². The number of hydrogen-bond acceptors (Lipinski definition) is 2. The Labute approximate surface area is 436 Å². The van der Waals surface area contributed by atoms with Gasteiger partial charge in [0.2, 0.25) is 0 Å². The molecule has 354 valence electrons. The molecule has 9 aromatic carbocycles. The van der Waals surface area contributed by atoms with E-state index in [1.165, 1.54) is 175 Å². The molecule has 0 saturated heterocycles.